The lowest BCUT2D eigenvalue weighted by Crippen LogP contribution is -2.42. The second-order valence-corrected chi connectivity index (χ2v) is 13.9. The Morgan fingerprint density at radius 1 is 0.886 bits per heavy atom. The molecule has 1 saturated carbocycles. The number of amides is 1. The van der Waals surface area contributed by atoms with Crippen LogP contribution in [-0.2, 0) is 23.1 Å². The van der Waals surface area contributed by atoms with Crippen LogP contribution in [0.3, 0.4) is 0 Å². The van der Waals surface area contributed by atoms with Gasteiger partial charge in [0, 0.05) is 36.4 Å². The van der Waals surface area contributed by atoms with E-state index in [1.807, 2.05) is 31.2 Å². The molecule has 9 nitrogen and oxygen atoms in total. The van der Waals surface area contributed by atoms with E-state index in [-0.39, 0.29) is 18.1 Å². The third kappa shape index (κ3) is 9.28. The van der Waals surface area contributed by atoms with Crippen molar-refractivity contribution in [3.8, 4) is 11.5 Å². The van der Waals surface area contributed by atoms with Gasteiger partial charge in [-0.1, -0.05) is 24.3 Å². The number of benzene rings is 3. The van der Waals surface area contributed by atoms with E-state index in [2.05, 4.69) is 38.5 Å². The van der Waals surface area contributed by atoms with Gasteiger partial charge >= 0.3 is 0 Å². The van der Waals surface area contributed by atoms with Crippen LogP contribution in [0.4, 0.5) is 5.69 Å². The minimum absolute atomic E-state index is 0.0169. The number of rotatable bonds is 11. The summed E-state index contributed by atoms with van der Waals surface area (Å²) in [6, 6.07) is 21.5. The molecule has 1 amide bonds. The Labute approximate surface area is 261 Å². The van der Waals surface area contributed by atoms with Crippen LogP contribution in [0.2, 0.25) is 0 Å². The van der Waals surface area contributed by atoms with Crippen molar-refractivity contribution in [2.75, 3.05) is 24.1 Å². The van der Waals surface area contributed by atoms with E-state index in [0.29, 0.717) is 17.5 Å². The quantitative estimate of drug-likeness (QED) is 0.240. The molecule has 1 aliphatic carbocycles. The van der Waals surface area contributed by atoms with Gasteiger partial charge in [-0.2, -0.15) is 0 Å². The highest BCUT2D eigenvalue weighted by Crippen LogP contribution is 2.25. The Hall–Kier alpha value is -3.44. The average Bonchev–Trinajstić information content (AvgIpc) is 3.00. The lowest BCUT2D eigenvalue weighted by Gasteiger charge is -2.32. The number of aliphatic hydroxyl groups excluding tert-OH is 1. The number of ether oxygens (including phenoxy) is 1. The predicted molar refractivity (Wildman–Crippen MR) is 173 cm³/mol. The first kappa shape index (κ1) is 32.0. The van der Waals surface area contributed by atoms with Gasteiger partial charge in [0.2, 0.25) is 10.0 Å². The number of hydrogen-bond donors (Lipinski definition) is 4. The van der Waals surface area contributed by atoms with Gasteiger partial charge in [-0.3, -0.25) is 14.4 Å². The molecule has 1 aliphatic heterocycles. The summed E-state index contributed by atoms with van der Waals surface area (Å²) in [5.41, 5.74) is 4.64. The molecular weight excluding hydrogens is 576 g/mol. The minimum atomic E-state index is -3.31. The maximum atomic E-state index is 13.0. The van der Waals surface area contributed by atoms with E-state index < -0.39 is 10.0 Å². The fourth-order valence-corrected chi connectivity index (χ4v) is 6.58. The van der Waals surface area contributed by atoms with Gasteiger partial charge in [0.25, 0.3) is 5.91 Å². The van der Waals surface area contributed by atoms with E-state index in [1.54, 1.807) is 24.3 Å². The van der Waals surface area contributed by atoms with Crippen molar-refractivity contribution in [2.45, 2.75) is 76.7 Å². The van der Waals surface area contributed by atoms with Gasteiger partial charge in [0.15, 0.2) is 0 Å². The summed E-state index contributed by atoms with van der Waals surface area (Å²) in [5.74, 6) is 1.35. The van der Waals surface area contributed by atoms with Gasteiger partial charge in [-0.15, -0.1) is 0 Å². The monoisotopic (exact) mass is 620 g/mol. The number of carbonyl (C=O) groups is 1. The molecule has 2 fully saturated rings. The third-order valence-corrected chi connectivity index (χ3v) is 9.22. The highest BCUT2D eigenvalue weighted by molar-refractivity contribution is 7.92. The first-order valence-electron chi connectivity index (χ1n) is 15.5. The molecule has 10 heteroatoms. The van der Waals surface area contributed by atoms with Crippen LogP contribution in [0.15, 0.2) is 66.7 Å². The van der Waals surface area contributed by atoms with Crippen molar-refractivity contribution in [3.63, 3.8) is 0 Å². The molecule has 5 rings (SSSR count). The van der Waals surface area contributed by atoms with Crippen molar-refractivity contribution in [3.05, 3.63) is 89.0 Å². The smallest absolute Gasteiger partial charge is 0.251 e. The van der Waals surface area contributed by atoms with Crippen molar-refractivity contribution in [1.82, 2.24) is 15.5 Å². The SMILES string of the molecule is Cc1c(CNC2CCN(Cc3ccc(Oc4ccc(NS(C)(=O)=O)cc4)cc3)CC2)cccc1C(=O)NC1CCC(O)CC1. The lowest BCUT2D eigenvalue weighted by molar-refractivity contribution is 0.0867. The van der Waals surface area contributed by atoms with Crippen molar-refractivity contribution >= 4 is 21.6 Å². The maximum Gasteiger partial charge on any atom is 0.251 e. The molecule has 1 heterocycles. The molecule has 44 heavy (non-hydrogen) atoms. The van der Waals surface area contributed by atoms with Gasteiger partial charge in [0.1, 0.15) is 11.5 Å². The number of sulfonamides is 1. The number of piperidine rings is 1. The van der Waals surface area contributed by atoms with Gasteiger partial charge in [-0.25, -0.2) is 8.42 Å². The summed E-state index contributed by atoms with van der Waals surface area (Å²) < 4.78 is 31.1. The highest BCUT2D eigenvalue weighted by atomic mass is 32.2. The van der Waals surface area contributed by atoms with Crippen molar-refractivity contribution < 1.29 is 23.1 Å². The molecule has 0 atom stereocenters. The molecule has 0 spiro atoms. The van der Waals surface area contributed by atoms with Crippen LogP contribution < -0.4 is 20.1 Å². The number of hydrogen-bond acceptors (Lipinski definition) is 7. The number of nitrogens with zero attached hydrogens (tertiary/aromatic N) is 1. The van der Waals surface area contributed by atoms with Crippen LogP contribution in [0.1, 0.15) is 65.6 Å². The lowest BCUT2D eigenvalue weighted by atomic mass is 9.92. The summed E-state index contributed by atoms with van der Waals surface area (Å²) in [5, 5.41) is 16.6. The summed E-state index contributed by atoms with van der Waals surface area (Å²) in [4.78, 5) is 15.5. The normalized spacial score (nSPS) is 19.8. The molecule has 2 aliphatic rings. The molecule has 3 aromatic carbocycles. The molecule has 0 aromatic heterocycles. The minimum Gasteiger partial charge on any atom is -0.457 e. The molecule has 1 saturated heterocycles. The first-order valence-corrected chi connectivity index (χ1v) is 17.4. The zero-order valence-electron chi connectivity index (χ0n) is 25.6. The molecule has 0 radical (unpaired) electrons. The standard InChI is InChI=1S/C34H44N4O5S/c1-24-26(4-3-5-33(24)34(40)36-28-8-12-30(39)13-9-28)22-35-27-18-20-38(21-19-27)23-25-6-14-31(15-7-25)43-32-16-10-29(11-17-32)37-44(2,41)42/h3-7,10-11,14-17,27-28,30,35,37,39H,8-9,12-13,18-23H2,1-2H3,(H,36,40). The maximum absolute atomic E-state index is 13.0. The predicted octanol–water partition coefficient (Wildman–Crippen LogP) is 4.95. The van der Waals surface area contributed by atoms with E-state index in [0.717, 1.165) is 93.4 Å². The number of anilines is 1. The van der Waals surface area contributed by atoms with Crippen LogP contribution in [0.25, 0.3) is 0 Å². The summed E-state index contributed by atoms with van der Waals surface area (Å²) in [6.07, 6.45) is 6.19. The Kier molecular flexibility index (Phi) is 10.6. The fourth-order valence-electron chi connectivity index (χ4n) is 6.02. The van der Waals surface area contributed by atoms with Crippen LogP contribution in [-0.4, -0.2) is 61.9 Å². The number of likely N-dealkylation sites (tertiary alicyclic amines) is 1. The summed E-state index contributed by atoms with van der Waals surface area (Å²) in [7, 11) is -3.31. The van der Waals surface area contributed by atoms with E-state index in [9.17, 15) is 18.3 Å². The van der Waals surface area contributed by atoms with E-state index in [1.165, 1.54) is 5.56 Å². The molecule has 0 unspecified atom stereocenters. The fraction of sp³-hybridized carbons (Fsp3) is 0.441. The Bertz CT molecular complexity index is 1500. The zero-order chi connectivity index (χ0) is 31.1. The molecule has 0 bridgehead atoms. The van der Waals surface area contributed by atoms with Crippen LogP contribution in [0.5, 0.6) is 11.5 Å². The van der Waals surface area contributed by atoms with Crippen LogP contribution in [0, 0.1) is 6.92 Å². The second kappa shape index (κ2) is 14.6. The van der Waals surface area contributed by atoms with E-state index in [4.69, 9.17) is 4.74 Å². The average molecular weight is 621 g/mol. The number of nitrogens with one attached hydrogen (secondary N) is 3. The highest BCUT2D eigenvalue weighted by Gasteiger charge is 2.23. The van der Waals surface area contributed by atoms with Crippen molar-refractivity contribution in [2.24, 2.45) is 0 Å². The molecular formula is C34H44N4O5S. The Morgan fingerprint density at radius 3 is 2.16 bits per heavy atom. The topological polar surface area (TPSA) is 120 Å². The van der Waals surface area contributed by atoms with Gasteiger partial charge in [-0.05, 0) is 118 Å². The second-order valence-electron chi connectivity index (χ2n) is 12.1. The molecule has 4 N–H and O–H groups in total. The van der Waals surface area contributed by atoms with Crippen LogP contribution >= 0.6 is 0 Å². The Morgan fingerprint density at radius 2 is 1.52 bits per heavy atom. The van der Waals surface area contributed by atoms with Gasteiger partial charge < -0.3 is 20.5 Å². The first-order chi connectivity index (χ1) is 21.1. The zero-order valence-corrected chi connectivity index (χ0v) is 26.4. The third-order valence-electron chi connectivity index (χ3n) is 8.61. The summed E-state index contributed by atoms with van der Waals surface area (Å²) in [6.45, 7) is 5.69. The van der Waals surface area contributed by atoms with Crippen molar-refractivity contribution in [1.29, 1.82) is 0 Å². The summed E-state index contributed by atoms with van der Waals surface area (Å²) >= 11 is 0. The molecule has 236 valence electrons. The largest absolute Gasteiger partial charge is 0.457 e. The number of aliphatic hydroxyl groups is 1. The molecule has 3 aromatic rings. The Balaban J connectivity index is 1.05. The van der Waals surface area contributed by atoms with E-state index >= 15 is 0 Å². The van der Waals surface area contributed by atoms with Gasteiger partial charge in [0.05, 0.1) is 12.4 Å². The number of carbonyl (C=O) groups excluding carboxylic acids is 1.